The molecule has 174 valence electrons. The smallest absolute Gasteiger partial charge is 0.119 e. The average molecular weight is 421 g/mol. The first kappa shape index (κ1) is 27.0. The summed E-state index contributed by atoms with van der Waals surface area (Å²) >= 11 is 0. The largest absolute Gasteiger partial charge is 0.491 e. The number of hydrogen-bond acceptors (Lipinski definition) is 3. The van der Waals surface area contributed by atoms with E-state index >= 15 is 0 Å². The summed E-state index contributed by atoms with van der Waals surface area (Å²) in [4.78, 5) is 0. The Labute approximate surface area is 186 Å². The lowest BCUT2D eigenvalue weighted by atomic mass is 10.0. The number of ether oxygens (including phenoxy) is 2. The van der Waals surface area contributed by atoms with Gasteiger partial charge in [-0.1, -0.05) is 121 Å². The van der Waals surface area contributed by atoms with Gasteiger partial charge in [-0.05, 0) is 18.6 Å². The van der Waals surface area contributed by atoms with E-state index in [9.17, 15) is 5.11 Å². The molecule has 0 radical (unpaired) electrons. The molecule has 1 aromatic rings. The van der Waals surface area contributed by atoms with E-state index < -0.39 is 6.10 Å². The van der Waals surface area contributed by atoms with Crippen molar-refractivity contribution in [3.8, 4) is 5.75 Å². The molecule has 1 atom stereocenters. The molecule has 3 heteroatoms. The minimum absolute atomic E-state index is 0.281. The van der Waals surface area contributed by atoms with Crippen molar-refractivity contribution in [3.63, 3.8) is 0 Å². The van der Waals surface area contributed by atoms with E-state index in [1.807, 2.05) is 30.3 Å². The molecule has 1 unspecified atom stereocenters. The number of aliphatic hydroxyl groups is 1. The summed E-state index contributed by atoms with van der Waals surface area (Å²) in [5, 5.41) is 9.90. The summed E-state index contributed by atoms with van der Waals surface area (Å²) in [6.07, 6.45) is 21.5. The molecule has 0 fully saturated rings. The zero-order valence-corrected chi connectivity index (χ0v) is 19.7. The maximum absolute atomic E-state index is 9.90. The third-order valence-corrected chi connectivity index (χ3v) is 5.64. The van der Waals surface area contributed by atoms with Gasteiger partial charge in [0.05, 0.1) is 6.61 Å². The topological polar surface area (TPSA) is 38.7 Å². The van der Waals surface area contributed by atoms with Crippen LogP contribution in [0.15, 0.2) is 30.3 Å². The van der Waals surface area contributed by atoms with Crippen LogP contribution in [-0.4, -0.2) is 31.0 Å². The highest BCUT2D eigenvalue weighted by molar-refractivity contribution is 5.20. The van der Waals surface area contributed by atoms with E-state index in [4.69, 9.17) is 9.47 Å². The summed E-state index contributed by atoms with van der Waals surface area (Å²) in [5.41, 5.74) is 0. The molecular formula is C27H48O3. The van der Waals surface area contributed by atoms with E-state index in [1.165, 1.54) is 96.3 Å². The highest BCUT2D eigenvalue weighted by Gasteiger charge is 2.05. The molecule has 0 amide bonds. The van der Waals surface area contributed by atoms with Gasteiger partial charge in [-0.3, -0.25) is 0 Å². The second-order valence-corrected chi connectivity index (χ2v) is 8.66. The Morgan fingerprint density at radius 3 is 1.60 bits per heavy atom. The summed E-state index contributed by atoms with van der Waals surface area (Å²) in [6.45, 7) is 3.65. The van der Waals surface area contributed by atoms with Crippen molar-refractivity contribution >= 4 is 0 Å². The van der Waals surface area contributed by atoms with Crippen molar-refractivity contribution in [3.05, 3.63) is 30.3 Å². The molecule has 1 aromatic carbocycles. The maximum atomic E-state index is 9.90. The van der Waals surface area contributed by atoms with Crippen molar-refractivity contribution in [2.75, 3.05) is 19.8 Å². The standard InChI is InChI=1S/C27H48O3/c1-2-3-4-5-6-7-8-9-10-11-12-13-14-15-16-20-23-29-24-26(28)25-30-27-21-18-17-19-22-27/h17-19,21-22,26,28H,2-16,20,23-25H2,1H3. The molecule has 0 saturated heterocycles. The lowest BCUT2D eigenvalue weighted by Gasteiger charge is -2.12. The van der Waals surface area contributed by atoms with E-state index in [2.05, 4.69) is 6.92 Å². The molecular weight excluding hydrogens is 372 g/mol. The summed E-state index contributed by atoms with van der Waals surface area (Å²) in [6, 6.07) is 9.59. The fraction of sp³-hybridized carbons (Fsp3) is 0.778. The zero-order chi connectivity index (χ0) is 21.5. The van der Waals surface area contributed by atoms with Crippen molar-refractivity contribution in [2.45, 2.75) is 116 Å². The second kappa shape index (κ2) is 21.2. The van der Waals surface area contributed by atoms with E-state index in [0.717, 1.165) is 18.8 Å². The van der Waals surface area contributed by atoms with Crippen molar-refractivity contribution < 1.29 is 14.6 Å². The van der Waals surface area contributed by atoms with Gasteiger partial charge in [-0.15, -0.1) is 0 Å². The van der Waals surface area contributed by atoms with Crippen LogP contribution in [0, 0.1) is 0 Å². The minimum Gasteiger partial charge on any atom is -0.491 e. The van der Waals surface area contributed by atoms with Crippen LogP contribution in [0.4, 0.5) is 0 Å². The van der Waals surface area contributed by atoms with Gasteiger partial charge >= 0.3 is 0 Å². The lowest BCUT2D eigenvalue weighted by Crippen LogP contribution is -2.23. The summed E-state index contributed by atoms with van der Waals surface area (Å²) in [7, 11) is 0. The van der Waals surface area contributed by atoms with Crippen molar-refractivity contribution in [2.24, 2.45) is 0 Å². The van der Waals surface area contributed by atoms with Crippen LogP contribution < -0.4 is 4.74 Å². The van der Waals surface area contributed by atoms with Gasteiger partial charge in [0, 0.05) is 6.61 Å². The predicted molar refractivity (Wildman–Crippen MR) is 128 cm³/mol. The average Bonchev–Trinajstić information content (AvgIpc) is 2.77. The van der Waals surface area contributed by atoms with Crippen LogP contribution in [0.25, 0.3) is 0 Å². The molecule has 0 aliphatic rings. The number of benzene rings is 1. The summed E-state index contributed by atoms with van der Waals surface area (Å²) < 4.78 is 11.1. The Morgan fingerprint density at radius 1 is 0.633 bits per heavy atom. The van der Waals surface area contributed by atoms with Crippen LogP contribution in [0.5, 0.6) is 5.75 Å². The first-order chi connectivity index (χ1) is 14.8. The maximum Gasteiger partial charge on any atom is 0.119 e. The molecule has 0 spiro atoms. The Kier molecular flexibility index (Phi) is 19.0. The SMILES string of the molecule is CCCCCCCCCCCCCCCCCCOCC(O)COc1ccccc1. The fourth-order valence-electron chi connectivity index (χ4n) is 3.73. The van der Waals surface area contributed by atoms with Crippen LogP contribution in [0.3, 0.4) is 0 Å². The van der Waals surface area contributed by atoms with E-state index in [1.54, 1.807) is 0 Å². The van der Waals surface area contributed by atoms with Crippen LogP contribution in [-0.2, 0) is 4.74 Å². The van der Waals surface area contributed by atoms with Crippen molar-refractivity contribution in [1.82, 2.24) is 0 Å². The van der Waals surface area contributed by atoms with Gasteiger partial charge in [0.2, 0.25) is 0 Å². The van der Waals surface area contributed by atoms with Gasteiger partial charge in [0.1, 0.15) is 18.5 Å². The van der Waals surface area contributed by atoms with Gasteiger partial charge in [0.25, 0.3) is 0 Å². The molecule has 0 aromatic heterocycles. The van der Waals surface area contributed by atoms with Crippen LogP contribution >= 0.6 is 0 Å². The molecule has 3 nitrogen and oxygen atoms in total. The zero-order valence-electron chi connectivity index (χ0n) is 19.7. The normalized spacial score (nSPS) is 12.2. The molecule has 30 heavy (non-hydrogen) atoms. The fourth-order valence-corrected chi connectivity index (χ4v) is 3.73. The van der Waals surface area contributed by atoms with Gasteiger partial charge in [-0.2, -0.15) is 0 Å². The quantitative estimate of drug-likeness (QED) is 0.195. The second-order valence-electron chi connectivity index (χ2n) is 8.66. The highest BCUT2D eigenvalue weighted by atomic mass is 16.5. The molecule has 1 N–H and O–H groups in total. The monoisotopic (exact) mass is 420 g/mol. The Hall–Kier alpha value is -1.06. The molecule has 0 aliphatic carbocycles. The Balaban J connectivity index is 1.72. The van der Waals surface area contributed by atoms with Crippen molar-refractivity contribution in [1.29, 1.82) is 0 Å². The molecule has 0 saturated carbocycles. The van der Waals surface area contributed by atoms with E-state index in [-0.39, 0.29) is 6.61 Å². The van der Waals surface area contributed by atoms with Gasteiger partial charge < -0.3 is 14.6 Å². The predicted octanol–water partition coefficient (Wildman–Crippen LogP) is 7.70. The lowest BCUT2D eigenvalue weighted by molar-refractivity contribution is 0.0110. The highest BCUT2D eigenvalue weighted by Crippen LogP contribution is 2.14. The minimum atomic E-state index is -0.564. The molecule has 0 bridgehead atoms. The summed E-state index contributed by atoms with van der Waals surface area (Å²) in [5.74, 6) is 0.786. The third kappa shape index (κ3) is 17.8. The number of rotatable bonds is 22. The third-order valence-electron chi connectivity index (χ3n) is 5.64. The number of hydrogen-bond donors (Lipinski definition) is 1. The number of para-hydroxylation sites is 1. The Bertz CT molecular complexity index is 449. The van der Waals surface area contributed by atoms with Crippen LogP contribution in [0.1, 0.15) is 110 Å². The molecule has 0 heterocycles. The van der Waals surface area contributed by atoms with E-state index in [0.29, 0.717) is 6.61 Å². The Morgan fingerprint density at radius 2 is 1.10 bits per heavy atom. The van der Waals surface area contributed by atoms with Gasteiger partial charge in [-0.25, -0.2) is 0 Å². The van der Waals surface area contributed by atoms with Gasteiger partial charge in [0.15, 0.2) is 0 Å². The first-order valence-electron chi connectivity index (χ1n) is 12.8. The molecule has 1 rings (SSSR count). The first-order valence-corrected chi connectivity index (χ1v) is 12.8. The molecule has 0 aliphatic heterocycles. The number of aliphatic hydroxyl groups excluding tert-OH is 1. The van der Waals surface area contributed by atoms with Crippen LogP contribution in [0.2, 0.25) is 0 Å². The number of unbranched alkanes of at least 4 members (excludes halogenated alkanes) is 15.